The molecule has 1 fully saturated rings. The number of rotatable bonds is 5. The Morgan fingerprint density at radius 1 is 1.31 bits per heavy atom. The third-order valence-corrected chi connectivity index (χ3v) is 2.36. The number of likely N-dealkylation sites (tertiary alicyclic amines) is 1. The molecule has 0 unspecified atom stereocenters. The van der Waals surface area contributed by atoms with Gasteiger partial charge < -0.3 is 9.64 Å². The van der Waals surface area contributed by atoms with Crippen molar-refractivity contribution in [3.8, 4) is 0 Å². The number of nitrogens with one attached hydrogen (secondary N) is 1. The zero-order chi connectivity index (χ0) is 9.52. The van der Waals surface area contributed by atoms with Gasteiger partial charge in [-0.1, -0.05) is 0 Å². The predicted octanol–water partition coefficient (Wildman–Crippen LogP) is 0.248. The van der Waals surface area contributed by atoms with E-state index in [0.717, 1.165) is 13.1 Å². The van der Waals surface area contributed by atoms with E-state index < -0.39 is 0 Å². The van der Waals surface area contributed by atoms with E-state index in [9.17, 15) is 0 Å². The van der Waals surface area contributed by atoms with Gasteiger partial charge in [0.1, 0.15) is 0 Å². The lowest BCUT2D eigenvalue weighted by Gasteiger charge is -2.29. The molecule has 4 heteroatoms. The molecular formula is C9H20N2O2. The summed E-state index contributed by atoms with van der Waals surface area (Å²) in [7, 11) is 3.83. The lowest BCUT2D eigenvalue weighted by atomic mass is 10.1. The zero-order valence-electron chi connectivity index (χ0n) is 8.58. The minimum absolute atomic E-state index is 0.521. The van der Waals surface area contributed by atoms with Crippen LogP contribution in [0, 0.1) is 0 Å². The summed E-state index contributed by atoms with van der Waals surface area (Å²) < 4.78 is 4.88. The van der Waals surface area contributed by atoms with Gasteiger partial charge in [0, 0.05) is 13.2 Å². The molecule has 0 saturated carbocycles. The summed E-state index contributed by atoms with van der Waals surface area (Å²) in [6.07, 6.45) is 2.34. The second-order valence-electron chi connectivity index (χ2n) is 3.54. The maximum Gasteiger partial charge on any atom is 0.0915 e. The van der Waals surface area contributed by atoms with Gasteiger partial charge >= 0.3 is 0 Å². The molecule has 0 aromatic rings. The van der Waals surface area contributed by atoms with Crippen molar-refractivity contribution in [3.05, 3.63) is 0 Å². The molecule has 0 bridgehead atoms. The van der Waals surface area contributed by atoms with Gasteiger partial charge in [0.05, 0.1) is 13.2 Å². The molecule has 0 amide bonds. The number of piperidine rings is 1. The number of hydrogen-bond donors (Lipinski definition) is 1. The number of hydrogen-bond acceptors (Lipinski definition) is 4. The quantitative estimate of drug-likeness (QED) is 0.495. The summed E-state index contributed by atoms with van der Waals surface area (Å²) in [6.45, 7) is 3.60. The van der Waals surface area contributed by atoms with Crippen LogP contribution in [0.15, 0.2) is 0 Å². The molecule has 1 aliphatic heterocycles. The van der Waals surface area contributed by atoms with Crippen LogP contribution in [0.3, 0.4) is 0 Å². The molecule has 0 spiro atoms. The van der Waals surface area contributed by atoms with Crippen molar-refractivity contribution in [1.82, 2.24) is 10.4 Å². The van der Waals surface area contributed by atoms with Crippen LogP contribution < -0.4 is 5.48 Å². The maximum absolute atomic E-state index is 5.26. The van der Waals surface area contributed by atoms with Crippen LogP contribution >= 0.6 is 0 Å². The van der Waals surface area contributed by atoms with Gasteiger partial charge in [-0.3, -0.25) is 4.84 Å². The molecule has 1 rings (SSSR count). The third kappa shape index (κ3) is 4.57. The first-order chi connectivity index (χ1) is 6.33. The maximum atomic E-state index is 5.26. The smallest absolute Gasteiger partial charge is 0.0915 e. The summed E-state index contributed by atoms with van der Waals surface area (Å²) in [4.78, 5) is 7.60. The van der Waals surface area contributed by atoms with E-state index in [4.69, 9.17) is 9.57 Å². The molecule has 0 aromatic carbocycles. The van der Waals surface area contributed by atoms with Crippen molar-refractivity contribution in [1.29, 1.82) is 0 Å². The summed E-state index contributed by atoms with van der Waals surface area (Å²) >= 11 is 0. The van der Waals surface area contributed by atoms with Crippen molar-refractivity contribution in [2.45, 2.75) is 18.9 Å². The molecule has 1 saturated heterocycles. The summed E-state index contributed by atoms with van der Waals surface area (Å²) in [5, 5.41) is 0. The predicted molar refractivity (Wildman–Crippen MR) is 51.5 cm³/mol. The van der Waals surface area contributed by atoms with Gasteiger partial charge in [0.25, 0.3) is 0 Å². The standard InChI is InChI=1S/C9H20N2O2/c1-11-5-3-9(4-6-11)10-13-8-7-12-2/h9-10H,3-8H2,1-2H3. The van der Waals surface area contributed by atoms with E-state index in [1.54, 1.807) is 7.11 Å². The van der Waals surface area contributed by atoms with Crippen LogP contribution in [0.2, 0.25) is 0 Å². The van der Waals surface area contributed by atoms with Gasteiger partial charge in [0.15, 0.2) is 0 Å². The van der Waals surface area contributed by atoms with Crippen molar-refractivity contribution >= 4 is 0 Å². The highest BCUT2D eigenvalue weighted by Crippen LogP contribution is 2.07. The minimum Gasteiger partial charge on any atom is -0.382 e. The Balaban J connectivity index is 1.96. The zero-order valence-corrected chi connectivity index (χ0v) is 8.58. The fourth-order valence-electron chi connectivity index (χ4n) is 1.43. The van der Waals surface area contributed by atoms with E-state index in [2.05, 4.69) is 17.4 Å². The van der Waals surface area contributed by atoms with E-state index in [1.807, 2.05) is 0 Å². The highest BCUT2D eigenvalue weighted by Gasteiger charge is 2.15. The SMILES string of the molecule is COCCONC1CCN(C)CC1. The highest BCUT2D eigenvalue weighted by molar-refractivity contribution is 4.72. The van der Waals surface area contributed by atoms with Gasteiger partial charge in [0.2, 0.25) is 0 Å². The summed E-state index contributed by atoms with van der Waals surface area (Å²) in [6, 6.07) is 0.521. The number of hydroxylamine groups is 1. The third-order valence-electron chi connectivity index (χ3n) is 2.36. The van der Waals surface area contributed by atoms with Gasteiger partial charge in [-0.25, -0.2) is 0 Å². The van der Waals surface area contributed by atoms with Crippen LogP contribution in [0.1, 0.15) is 12.8 Å². The van der Waals surface area contributed by atoms with Gasteiger partial charge in [-0.15, -0.1) is 0 Å². The van der Waals surface area contributed by atoms with E-state index in [1.165, 1.54) is 12.8 Å². The largest absolute Gasteiger partial charge is 0.382 e. The van der Waals surface area contributed by atoms with E-state index in [-0.39, 0.29) is 0 Å². The molecule has 0 aliphatic carbocycles. The van der Waals surface area contributed by atoms with Crippen molar-refractivity contribution < 1.29 is 9.57 Å². The van der Waals surface area contributed by atoms with Crippen LogP contribution in [0.25, 0.3) is 0 Å². The van der Waals surface area contributed by atoms with E-state index >= 15 is 0 Å². The number of nitrogens with zero attached hydrogens (tertiary/aromatic N) is 1. The van der Waals surface area contributed by atoms with Crippen LogP contribution in [0.4, 0.5) is 0 Å². The molecule has 13 heavy (non-hydrogen) atoms. The Bertz CT molecular complexity index is 125. The van der Waals surface area contributed by atoms with Gasteiger partial charge in [-0.05, 0) is 33.0 Å². The lowest BCUT2D eigenvalue weighted by molar-refractivity contribution is -0.0221. The van der Waals surface area contributed by atoms with Crippen LogP contribution in [-0.2, 0) is 9.57 Å². The fourth-order valence-corrected chi connectivity index (χ4v) is 1.43. The molecule has 1 aliphatic rings. The van der Waals surface area contributed by atoms with Crippen molar-refractivity contribution in [3.63, 3.8) is 0 Å². The monoisotopic (exact) mass is 188 g/mol. The minimum atomic E-state index is 0.521. The normalized spacial score (nSPS) is 20.8. The Hall–Kier alpha value is -0.160. The molecule has 0 radical (unpaired) electrons. The molecular weight excluding hydrogens is 168 g/mol. The molecule has 4 nitrogen and oxygen atoms in total. The second-order valence-corrected chi connectivity index (χ2v) is 3.54. The van der Waals surface area contributed by atoms with Crippen molar-refractivity contribution in [2.75, 3.05) is 40.5 Å². The Kier molecular flexibility index (Phi) is 5.31. The first-order valence-electron chi connectivity index (χ1n) is 4.87. The molecule has 78 valence electrons. The first-order valence-corrected chi connectivity index (χ1v) is 4.87. The number of ether oxygens (including phenoxy) is 1. The van der Waals surface area contributed by atoms with Gasteiger partial charge in [-0.2, -0.15) is 5.48 Å². The topological polar surface area (TPSA) is 33.7 Å². The van der Waals surface area contributed by atoms with E-state index in [0.29, 0.717) is 19.3 Å². The molecule has 0 atom stereocenters. The second kappa shape index (κ2) is 6.32. The van der Waals surface area contributed by atoms with Crippen molar-refractivity contribution in [2.24, 2.45) is 0 Å². The fraction of sp³-hybridized carbons (Fsp3) is 1.00. The molecule has 1 heterocycles. The summed E-state index contributed by atoms with van der Waals surface area (Å²) in [5.41, 5.74) is 3.07. The Morgan fingerprint density at radius 3 is 2.62 bits per heavy atom. The highest BCUT2D eigenvalue weighted by atomic mass is 16.7. The Morgan fingerprint density at radius 2 is 2.00 bits per heavy atom. The number of methoxy groups -OCH3 is 1. The molecule has 0 aromatic heterocycles. The average Bonchev–Trinajstić information content (AvgIpc) is 2.15. The average molecular weight is 188 g/mol. The molecule has 1 N–H and O–H groups in total. The Labute approximate surface area is 80.1 Å². The summed E-state index contributed by atoms with van der Waals surface area (Å²) in [5.74, 6) is 0. The van der Waals surface area contributed by atoms with Crippen LogP contribution in [-0.4, -0.2) is 51.4 Å². The first kappa shape index (κ1) is 10.9. The lowest BCUT2D eigenvalue weighted by Crippen LogP contribution is -2.41. The van der Waals surface area contributed by atoms with Crippen LogP contribution in [0.5, 0.6) is 0 Å².